The number of carbonyl (C=O) groups is 9. The quantitative estimate of drug-likeness (QED) is 0.0233. The second-order valence-electron chi connectivity index (χ2n) is 16.5. The number of phenols is 1. The van der Waals surface area contributed by atoms with Crippen LogP contribution in [0, 0.1) is 23.2 Å². The standard InChI is InChI=1S/C41H68N12O10/c1-21(2)18-29(34(44)57)51-39(62)30(19-22(3)4)52-36(59)24(6)48-37(60)27(8-7-17-47-41(45)46)50-40(63)31(20-25-10-12-26(54)13-11-25)53-38(61)28(14-16-33(43)56)49-35(58)23(5)9-15-32(42)55/h10-13,21-24,27-31,54H,7-9,14-20H2,1-6H3,(H2,42,55)(H2,43,56)(H2,44,57)(H,48,60)(H,49,58)(H,50,63)(H,51,62)(H,52,59)(H,53,61)(H4,45,46,47)/t23-,24-,27-,28-,29-,30-,31-/m0/s1. The summed E-state index contributed by atoms with van der Waals surface area (Å²) >= 11 is 0. The third-order valence-corrected chi connectivity index (χ3v) is 9.67. The molecule has 0 aliphatic heterocycles. The normalized spacial score (nSPS) is 14.3. The van der Waals surface area contributed by atoms with E-state index < -0.39 is 95.3 Å². The molecule has 0 heterocycles. The van der Waals surface area contributed by atoms with Crippen molar-refractivity contribution < 1.29 is 48.3 Å². The first-order chi connectivity index (χ1) is 29.4. The zero-order chi connectivity index (χ0) is 48.0. The van der Waals surface area contributed by atoms with E-state index in [2.05, 4.69) is 37.2 Å². The predicted octanol–water partition coefficient (Wildman–Crippen LogP) is -2.13. The average molecular weight is 889 g/mol. The fourth-order valence-electron chi connectivity index (χ4n) is 6.15. The highest BCUT2D eigenvalue weighted by Crippen LogP contribution is 2.14. The molecule has 1 rings (SSSR count). The van der Waals surface area contributed by atoms with E-state index in [9.17, 15) is 48.3 Å². The van der Waals surface area contributed by atoms with E-state index in [-0.39, 0.29) is 87.9 Å². The molecule has 0 unspecified atom stereocenters. The Bertz CT molecular complexity index is 1760. The van der Waals surface area contributed by atoms with Crippen LogP contribution < -0.4 is 60.2 Å². The summed E-state index contributed by atoms with van der Waals surface area (Å²) < 4.78 is 0. The molecule has 0 radical (unpaired) electrons. The van der Waals surface area contributed by atoms with Crippen LogP contribution >= 0.6 is 0 Å². The maximum atomic E-state index is 14.1. The van der Waals surface area contributed by atoms with Gasteiger partial charge in [0.25, 0.3) is 0 Å². The van der Waals surface area contributed by atoms with Crippen molar-refractivity contribution in [2.45, 2.75) is 136 Å². The van der Waals surface area contributed by atoms with Crippen molar-refractivity contribution in [3.8, 4) is 5.75 Å². The fourth-order valence-corrected chi connectivity index (χ4v) is 6.15. The monoisotopic (exact) mass is 889 g/mol. The molecule has 0 aliphatic carbocycles. The van der Waals surface area contributed by atoms with Gasteiger partial charge < -0.3 is 65.3 Å². The number of benzene rings is 1. The number of guanidine groups is 1. The van der Waals surface area contributed by atoms with Gasteiger partial charge in [-0.2, -0.15) is 0 Å². The van der Waals surface area contributed by atoms with Crippen molar-refractivity contribution in [1.82, 2.24) is 37.2 Å². The summed E-state index contributed by atoms with van der Waals surface area (Å²) in [5.74, 6) is -7.96. The third-order valence-electron chi connectivity index (χ3n) is 9.67. The molecule has 0 fully saturated rings. The van der Waals surface area contributed by atoms with Crippen molar-refractivity contribution >= 4 is 59.1 Å². The average Bonchev–Trinajstić information content (AvgIpc) is 3.18. The van der Waals surface area contributed by atoms with Crippen LogP contribution in [0.5, 0.6) is 5.75 Å². The fraction of sp³-hybridized carbons (Fsp3) is 0.610. The molecular formula is C41H68N12O10. The summed E-state index contributed by atoms with van der Waals surface area (Å²) in [6.45, 7) is 10.4. The summed E-state index contributed by atoms with van der Waals surface area (Å²) in [6.07, 6.45) is -0.203. The molecule has 7 atom stereocenters. The summed E-state index contributed by atoms with van der Waals surface area (Å²) in [6, 6.07) is -1.77. The summed E-state index contributed by atoms with van der Waals surface area (Å²) in [4.78, 5) is 117. The van der Waals surface area contributed by atoms with Crippen molar-refractivity contribution in [1.29, 1.82) is 5.41 Å². The second-order valence-corrected chi connectivity index (χ2v) is 16.5. The summed E-state index contributed by atoms with van der Waals surface area (Å²) in [5.41, 5.74) is 21.9. The van der Waals surface area contributed by atoms with Gasteiger partial charge in [0.05, 0.1) is 0 Å². The van der Waals surface area contributed by atoms with Crippen LogP contribution in [-0.2, 0) is 49.6 Å². The lowest BCUT2D eigenvalue weighted by Gasteiger charge is -2.27. The van der Waals surface area contributed by atoms with Gasteiger partial charge in [-0.05, 0) is 75.0 Å². The molecule has 9 amide bonds. The van der Waals surface area contributed by atoms with Crippen molar-refractivity contribution in [3.63, 3.8) is 0 Å². The topological polar surface area (TPSA) is 386 Å². The van der Waals surface area contributed by atoms with Crippen molar-refractivity contribution in [2.24, 2.45) is 40.7 Å². The van der Waals surface area contributed by atoms with E-state index in [4.69, 9.17) is 28.3 Å². The Kier molecular flexibility index (Phi) is 23.8. The van der Waals surface area contributed by atoms with Crippen LogP contribution in [0.4, 0.5) is 0 Å². The molecule has 0 bridgehead atoms. The van der Waals surface area contributed by atoms with Crippen LogP contribution in [0.3, 0.4) is 0 Å². The van der Waals surface area contributed by atoms with E-state index in [1.54, 1.807) is 0 Å². The number of nitrogens with two attached hydrogens (primary N) is 4. The van der Waals surface area contributed by atoms with Crippen LogP contribution in [0.25, 0.3) is 0 Å². The van der Waals surface area contributed by atoms with Gasteiger partial charge in [-0.1, -0.05) is 46.8 Å². The zero-order valence-corrected chi connectivity index (χ0v) is 37.0. The first-order valence-corrected chi connectivity index (χ1v) is 20.9. The Labute approximate surface area is 367 Å². The summed E-state index contributed by atoms with van der Waals surface area (Å²) in [5, 5.41) is 35.5. The molecule has 1 aromatic rings. The van der Waals surface area contributed by atoms with E-state index in [0.717, 1.165) is 0 Å². The van der Waals surface area contributed by atoms with Crippen LogP contribution in [0.1, 0.15) is 98.5 Å². The molecule has 0 saturated heterocycles. The minimum absolute atomic E-state index is 0.0237. The van der Waals surface area contributed by atoms with Crippen LogP contribution in [0.2, 0.25) is 0 Å². The van der Waals surface area contributed by atoms with E-state index in [1.165, 1.54) is 38.1 Å². The molecule has 63 heavy (non-hydrogen) atoms. The van der Waals surface area contributed by atoms with Gasteiger partial charge in [-0.15, -0.1) is 0 Å². The number of phenolic OH excluding ortho intramolecular Hbond substituents is 1. The Morgan fingerprint density at radius 1 is 0.556 bits per heavy atom. The smallest absolute Gasteiger partial charge is 0.243 e. The van der Waals surface area contributed by atoms with E-state index in [1.807, 2.05) is 27.7 Å². The number of hydrogen-bond acceptors (Lipinski definition) is 11. The van der Waals surface area contributed by atoms with Gasteiger partial charge in [0, 0.05) is 31.7 Å². The van der Waals surface area contributed by atoms with Gasteiger partial charge in [-0.3, -0.25) is 48.6 Å². The van der Waals surface area contributed by atoms with E-state index >= 15 is 0 Å². The number of amides is 9. The van der Waals surface area contributed by atoms with E-state index in [0.29, 0.717) is 5.56 Å². The second kappa shape index (κ2) is 27.5. The van der Waals surface area contributed by atoms with Crippen molar-refractivity contribution in [3.05, 3.63) is 29.8 Å². The molecule has 0 spiro atoms. The Morgan fingerprint density at radius 2 is 1.00 bits per heavy atom. The van der Waals surface area contributed by atoms with Gasteiger partial charge in [0.15, 0.2) is 5.96 Å². The molecule has 22 nitrogen and oxygen atoms in total. The molecule has 22 heteroatoms. The first-order valence-electron chi connectivity index (χ1n) is 20.9. The number of rotatable bonds is 29. The molecule has 1 aromatic carbocycles. The molecule has 17 N–H and O–H groups in total. The highest BCUT2D eigenvalue weighted by atomic mass is 16.3. The number of nitrogens with one attached hydrogen (secondary N) is 8. The lowest BCUT2D eigenvalue weighted by atomic mass is 10.00. The minimum atomic E-state index is -1.43. The lowest BCUT2D eigenvalue weighted by molar-refractivity contribution is -0.135. The number of carbonyl (C=O) groups excluding carboxylic acids is 9. The third kappa shape index (κ3) is 22.3. The van der Waals surface area contributed by atoms with Gasteiger partial charge in [-0.25, -0.2) is 0 Å². The molecular weight excluding hydrogens is 821 g/mol. The molecule has 0 saturated carbocycles. The summed E-state index contributed by atoms with van der Waals surface area (Å²) in [7, 11) is 0. The largest absolute Gasteiger partial charge is 0.508 e. The Hall–Kier alpha value is -6.48. The maximum Gasteiger partial charge on any atom is 0.243 e. The van der Waals surface area contributed by atoms with Gasteiger partial charge in [0.1, 0.15) is 42.0 Å². The number of primary amides is 3. The van der Waals surface area contributed by atoms with Crippen LogP contribution in [-0.4, -0.2) is 107 Å². The Morgan fingerprint density at radius 3 is 1.54 bits per heavy atom. The lowest BCUT2D eigenvalue weighted by Crippen LogP contribution is -2.59. The van der Waals surface area contributed by atoms with Gasteiger partial charge >= 0.3 is 0 Å². The molecule has 352 valence electrons. The molecule has 0 aliphatic rings. The van der Waals surface area contributed by atoms with Crippen molar-refractivity contribution in [2.75, 3.05) is 6.54 Å². The Balaban J connectivity index is 3.43. The highest BCUT2D eigenvalue weighted by molar-refractivity contribution is 5.97. The number of hydrogen-bond donors (Lipinski definition) is 13. The zero-order valence-electron chi connectivity index (χ0n) is 37.0. The number of aromatic hydroxyl groups is 1. The van der Waals surface area contributed by atoms with Crippen LogP contribution in [0.15, 0.2) is 24.3 Å². The van der Waals surface area contributed by atoms with Gasteiger partial charge in [0.2, 0.25) is 53.2 Å². The highest BCUT2D eigenvalue weighted by Gasteiger charge is 2.33. The SMILES string of the molecule is CC(C)C[C@H](NC(=O)[C@H](CC(C)C)NC(=O)[C@H](C)NC(=O)[C@H](CCCNC(=N)N)NC(=O)[C@H](Cc1ccc(O)cc1)NC(=O)[C@H](CCC(N)=O)NC(=O)[C@@H](C)CCC(N)=O)C(N)=O. The predicted molar refractivity (Wildman–Crippen MR) is 232 cm³/mol. The molecule has 0 aromatic heterocycles. The minimum Gasteiger partial charge on any atom is -0.508 e. The maximum absolute atomic E-state index is 14.1. The first kappa shape index (κ1) is 54.5.